The van der Waals surface area contributed by atoms with Gasteiger partial charge >= 0.3 is 0 Å². The summed E-state index contributed by atoms with van der Waals surface area (Å²) < 4.78 is 16.6. The summed E-state index contributed by atoms with van der Waals surface area (Å²) in [5, 5.41) is 11.9. The van der Waals surface area contributed by atoms with Crippen LogP contribution >= 0.6 is 11.6 Å². The summed E-state index contributed by atoms with van der Waals surface area (Å²) in [6.45, 7) is 5.61. The molecule has 1 heterocycles. The van der Waals surface area contributed by atoms with E-state index in [1.165, 1.54) is 19.1 Å². The Balaban J connectivity index is 1.97. The SMILES string of the molecule is COc1ccc(C2/C(=C(\O)c3cccc(OC(C)C)c3)C(=O)C(=O)N2c2cc(Cl)ccc2C)cc1OC. The van der Waals surface area contributed by atoms with E-state index in [1.807, 2.05) is 20.8 Å². The lowest BCUT2D eigenvalue weighted by Gasteiger charge is -2.27. The highest BCUT2D eigenvalue weighted by atomic mass is 35.5. The number of aliphatic hydroxyl groups is 1. The number of carbonyl (C=O) groups excluding carboxylic acids is 2. The zero-order chi connectivity index (χ0) is 26.9. The Morgan fingerprint density at radius 2 is 1.70 bits per heavy atom. The summed E-state index contributed by atoms with van der Waals surface area (Å²) in [6.07, 6.45) is -0.0828. The molecule has 1 aliphatic rings. The number of amides is 1. The fourth-order valence-electron chi connectivity index (χ4n) is 4.41. The maximum Gasteiger partial charge on any atom is 0.300 e. The molecule has 1 unspecified atom stereocenters. The summed E-state index contributed by atoms with van der Waals surface area (Å²) in [7, 11) is 3.02. The summed E-state index contributed by atoms with van der Waals surface area (Å²) >= 11 is 6.28. The number of carbonyl (C=O) groups is 2. The number of Topliss-reactive ketones (excluding diaryl/α,β-unsaturated/α-hetero) is 1. The molecule has 1 N–H and O–H groups in total. The first kappa shape index (κ1) is 26.1. The molecule has 3 aromatic rings. The van der Waals surface area contributed by atoms with Crippen LogP contribution in [0.2, 0.25) is 5.02 Å². The minimum Gasteiger partial charge on any atom is -0.507 e. The summed E-state index contributed by atoms with van der Waals surface area (Å²) in [4.78, 5) is 28.4. The zero-order valence-corrected chi connectivity index (χ0v) is 22.0. The molecule has 0 radical (unpaired) electrons. The molecule has 4 rings (SSSR count). The smallest absolute Gasteiger partial charge is 0.300 e. The fraction of sp³-hybridized carbons (Fsp3) is 0.241. The molecule has 1 amide bonds. The first-order valence-corrected chi connectivity index (χ1v) is 12.1. The predicted molar refractivity (Wildman–Crippen MR) is 143 cm³/mol. The van der Waals surface area contributed by atoms with Gasteiger partial charge in [-0.15, -0.1) is 0 Å². The van der Waals surface area contributed by atoms with Gasteiger partial charge in [0.2, 0.25) is 0 Å². The first-order valence-electron chi connectivity index (χ1n) is 11.7. The second-order valence-corrected chi connectivity index (χ2v) is 9.35. The Morgan fingerprint density at radius 3 is 2.38 bits per heavy atom. The number of rotatable bonds is 7. The highest BCUT2D eigenvalue weighted by Crippen LogP contribution is 2.45. The maximum absolute atomic E-state index is 13.5. The first-order chi connectivity index (χ1) is 17.7. The number of nitrogens with zero attached hydrogens (tertiary/aromatic N) is 1. The van der Waals surface area contributed by atoms with E-state index in [0.717, 1.165) is 5.56 Å². The van der Waals surface area contributed by atoms with Crippen molar-refractivity contribution in [2.75, 3.05) is 19.1 Å². The second-order valence-electron chi connectivity index (χ2n) is 8.91. The number of halogens is 1. The average molecular weight is 522 g/mol. The van der Waals surface area contributed by atoms with Crippen molar-refractivity contribution in [3.63, 3.8) is 0 Å². The van der Waals surface area contributed by atoms with Gasteiger partial charge in [-0.05, 0) is 68.3 Å². The summed E-state index contributed by atoms with van der Waals surface area (Å²) in [5.74, 6) is -0.467. The molecular formula is C29H28ClNO6. The zero-order valence-electron chi connectivity index (χ0n) is 21.2. The second kappa shape index (κ2) is 10.6. The van der Waals surface area contributed by atoms with Crippen LogP contribution in [0.3, 0.4) is 0 Å². The molecule has 1 fully saturated rings. The van der Waals surface area contributed by atoms with E-state index in [0.29, 0.717) is 39.1 Å². The molecule has 1 atom stereocenters. The molecule has 37 heavy (non-hydrogen) atoms. The number of ether oxygens (including phenoxy) is 3. The van der Waals surface area contributed by atoms with Gasteiger partial charge in [0.25, 0.3) is 11.7 Å². The maximum atomic E-state index is 13.5. The summed E-state index contributed by atoms with van der Waals surface area (Å²) in [5.41, 5.74) is 2.05. The monoisotopic (exact) mass is 521 g/mol. The van der Waals surface area contributed by atoms with Crippen LogP contribution in [0.5, 0.6) is 17.2 Å². The molecule has 0 saturated carbocycles. The normalized spacial score (nSPS) is 16.8. The number of hydrogen-bond donors (Lipinski definition) is 1. The van der Waals surface area contributed by atoms with Crippen molar-refractivity contribution < 1.29 is 28.9 Å². The van der Waals surface area contributed by atoms with Crippen LogP contribution in [0.15, 0.2) is 66.2 Å². The third kappa shape index (κ3) is 5.00. The van der Waals surface area contributed by atoms with E-state index in [4.69, 9.17) is 25.8 Å². The Labute approximate surface area is 220 Å². The van der Waals surface area contributed by atoms with E-state index >= 15 is 0 Å². The molecule has 0 aromatic heterocycles. The van der Waals surface area contributed by atoms with Gasteiger partial charge in [0.1, 0.15) is 11.5 Å². The molecule has 1 saturated heterocycles. The van der Waals surface area contributed by atoms with Crippen LogP contribution < -0.4 is 19.1 Å². The number of ketones is 1. The van der Waals surface area contributed by atoms with Gasteiger partial charge in [0, 0.05) is 16.3 Å². The standard InChI is InChI=1S/C29H28ClNO6/c1-16(2)37-21-8-6-7-19(13-21)27(32)25-26(18-10-12-23(35-4)24(14-18)36-5)31(29(34)28(25)33)22-15-20(30)11-9-17(22)3/h6-16,26,32H,1-5H3/b27-25+. The Bertz CT molecular complexity index is 1400. The van der Waals surface area contributed by atoms with E-state index in [-0.39, 0.29) is 17.4 Å². The molecule has 8 heteroatoms. The van der Waals surface area contributed by atoms with Gasteiger partial charge in [-0.3, -0.25) is 14.5 Å². The minimum atomic E-state index is -0.952. The lowest BCUT2D eigenvalue weighted by Crippen LogP contribution is -2.30. The highest BCUT2D eigenvalue weighted by Gasteiger charge is 2.47. The van der Waals surface area contributed by atoms with Crippen molar-refractivity contribution in [1.82, 2.24) is 0 Å². The Kier molecular flexibility index (Phi) is 7.45. The predicted octanol–water partition coefficient (Wildman–Crippen LogP) is 6.08. The lowest BCUT2D eigenvalue weighted by atomic mass is 9.94. The van der Waals surface area contributed by atoms with Crippen LogP contribution in [0.4, 0.5) is 5.69 Å². The number of aliphatic hydroxyl groups excluding tert-OH is 1. The third-order valence-corrected chi connectivity index (χ3v) is 6.31. The van der Waals surface area contributed by atoms with Gasteiger partial charge in [0.15, 0.2) is 11.5 Å². The molecule has 0 bridgehead atoms. The van der Waals surface area contributed by atoms with Crippen molar-refractivity contribution in [2.45, 2.75) is 32.9 Å². The van der Waals surface area contributed by atoms with Crippen LogP contribution in [0, 0.1) is 6.92 Å². The topological polar surface area (TPSA) is 85.3 Å². The summed E-state index contributed by atoms with van der Waals surface area (Å²) in [6, 6.07) is 16.1. The van der Waals surface area contributed by atoms with Crippen LogP contribution in [0.1, 0.15) is 36.6 Å². The molecule has 1 aliphatic heterocycles. The molecular weight excluding hydrogens is 494 g/mol. The average Bonchev–Trinajstić information content (AvgIpc) is 3.14. The number of benzene rings is 3. The number of aryl methyl sites for hydroxylation is 1. The number of hydrogen-bond acceptors (Lipinski definition) is 6. The van der Waals surface area contributed by atoms with Crippen molar-refractivity contribution in [3.05, 3.63) is 87.9 Å². The van der Waals surface area contributed by atoms with Crippen molar-refractivity contribution >= 4 is 34.7 Å². The van der Waals surface area contributed by atoms with E-state index in [2.05, 4.69) is 0 Å². The van der Waals surface area contributed by atoms with Crippen molar-refractivity contribution in [3.8, 4) is 17.2 Å². The molecule has 3 aromatic carbocycles. The number of anilines is 1. The third-order valence-electron chi connectivity index (χ3n) is 6.08. The van der Waals surface area contributed by atoms with Crippen LogP contribution in [-0.4, -0.2) is 37.1 Å². The molecule has 7 nitrogen and oxygen atoms in total. The van der Waals surface area contributed by atoms with E-state index in [1.54, 1.807) is 60.7 Å². The molecule has 0 aliphatic carbocycles. The van der Waals surface area contributed by atoms with Crippen LogP contribution in [-0.2, 0) is 9.59 Å². The van der Waals surface area contributed by atoms with Gasteiger partial charge in [-0.2, -0.15) is 0 Å². The quantitative estimate of drug-likeness (QED) is 0.230. The van der Waals surface area contributed by atoms with Gasteiger partial charge < -0.3 is 19.3 Å². The minimum absolute atomic E-state index is 0.0571. The van der Waals surface area contributed by atoms with E-state index in [9.17, 15) is 14.7 Å². The van der Waals surface area contributed by atoms with Crippen molar-refractivity contribution in [1.29, 1.82) is 0 Å². The van der Waals surface area contributed by atoms with Crippen molar-refractivity contribution in [2.24, 2.45) is 0 Å². The Morgan fingerprint density at radius 1 is 0.973 bits per heavy atom. The van der Waals surface area contributed by atoms with Crippen LogP contribution in [0.25, 0.3) is 5.76 Å². The van der Waals surface area contributed by atoms with Gasteiger partial charge in [-0.1, -0.05) is 35.9 Å². The van der Waals surface area contributed by atoms with E-state index < -0.39 is 17.7 Å². The Hall–Kier alpha value is -3.97. The van der Waals surface area contributed by atoms with Gasteiger partial charge in [-0.25, -0.2) is 0 Å². The molecule has 192 valence electrons. The van der Waals surface area contributed by atoms with Gasteiger partial charge in [0.05, 0.1) is 31.9 Å². The number of methoxy groups -OCH3 is 2. The largest absolute Gasteiger partial charge is 0.507 e. The lowest BCUT2D eigenvalue weighted by molar-refractivity contribution is -0.132. The highest BCUT2D eigenvalue weighted by molar-refractivity contribution is 6.52. The fourth-order valence-corrected chi connectivity index (χ4v) is 4.57. The molecule has 0 spiro atoms.